The van der Waals surface area contributed by atoms with Gasteiger partial charge < -0.3 is 4.74 Å². The smallest absolute Gasteiger partial charge is 0.0940 e. The maximum atomic E-state index is 5.54. The Bertz CT molecular complexity index is 300. The first-order chi connectivity index (χ1) is 8.33. The summed E-state index contributed by atoms with van der Waals surface area (Å²) in [6.45, 7) is 7.76. The minimum absolute atomic E-state index is 0.0419. The molecule has 0 saturated heterocycles. The lowest BCUT2D eigenvalue weighted by molar-refractivity contribution is 0.00469. The van der Waals surface area contributed by atoms with Crippen molar-refractivity contribution >= 4 is 0 Å². The molecule has 1 N–H and O–H groups in total. The van der Waals surface area contributed by atoms with Crippen molar-refractivity contribution in [3.05, 3.63) is 48.6 Å². The summed E-state index contributed by atoms with van der Waals surface area (Å²) in [5.74, 6) is 0. The van der Waals surface area contributed by atoms with E-state index in [1.54, 1.807) is 6.08 Å². The lowest BCUT2D eigenvalue weighted by atomic mass is 10.2. The molecule has 94 valence electrons. The van der Waals surface area contributed by atoms with Gasteiger partial charge in [0, 0.05) is 13.2 Å². The molecule has 0 spiro atoms. The van der Waals surface area contributed by atoms with Gasteiger partial charge in [0.2, 0.25) is 0 Å². The molecule has 0 amide bonds. The van der Waals surface area contributed by atoms with Crippen LogP contribution in [0, 0.1) is 0 Å². The minimum atomic E-state index is 0.0419. The normalized spacial score (nSPS) is 12.3. The zero-order chi connectivity index (χ0) is 12.3. The molecule has 3 nitrogen and oxygen atoms in total. The highest BCUT2D eigenvalue weighted by Crippen LogP contribution is 2.00. The number of hydroxylamine groups is 1. The van der Waals surface area contributed by atoms with Gasteiger partial charge in [-0.15, -0.1) is 6.58 Å². The van der Waals surface area contributed by atoms with Crippen molar-refractivity contribution in [2.45, 2.75) is 26.1 Å². The van der Waals surface area contributed by atoms with E-state index in [1.807, 2.05) is 25.1 Å². The van der Waals surface area contributed by atoms with Gasteiger partial charge in [0.15, 0.2) is 0 Å². The number of rotatable bonds is 9. The summed E-state index contributed by atoms with van der Waals surface area (Å²) < 4.78 is 5.54. The Labute approximate surface area is 103 Å². The largest absolute Gasteiger partial charge is 0.377 e. The molecule has 0 bridgehead atoms. The lowest BCUT2D eigenvalue weighted by Crippen LogP contribution is -2.22. The van der Waals surface area contributed by atoms with Gasteiger partial charge in [-0.05, 0) is 18.9 Å². The highest BCUT2D eigenvalue weighted by molar-refractivity contribution is 5.13. The molecule has 0 aromatic heterocycles. The van der Waals surface area contributed by atoms with E-state index in [4.69, 9.17) is 9.57 Å². The Kier molecular flexibility index (Phi) is 7.30. The van der Waals surface area contributed by atoms with Gasteiger partial charge in [0.25, 0.3) is 0 Å². The molecule has 3 heteroatoms. The Morgan fingerprint density at radius 3 is 2.82 bits per heavy atom. The molecule has 17 heavy (non-hydrogen) atoms. The van der Waals surface area contributed by atoms with Crippen LogP contribution in [0.5, 0.6) is 0 Å². The van der Waals surface area contributed by atoms with Crippen molar-refractivity contribution in [1.29, 1.82) is 0 Å². The highest BCUT2D eigenvalue weighted by Gasteiger charge is 1.95. The van der Waals surface area contributed by atoms with Crippen LogP contribution in [0.15, 0.2) is 43.0 Å². The third-order valence-corrected chi connectivity index (χ3v) is 2.28. The summed E-state index contributed by atoms with van der Waals surface area (Å²) in [7, 11) is 0. The molecule has 1 aromatic rings. The van der Waals surface area contributed by atoms with E-state index in [0.29, 0.717) is 6.61 Å². The van der Waals surface area contributed by atoms with Crippen molar-refractivity contribution in [2.24, 2.45) is 0 Å². The van der Waals surface area contributed by atoms with Crippen LogP contribution in [0.3, 0.4) is 0 Å². The van der Waals surface area contributed by atoms with Gasteiger partial charge in [-0.25, -0.2) is 5.48 Å². The SMILES string of the molecule is C=CC(C)ONCCCOCc1ccccc1. The third kappa shape index (κ3) is 6.89. The standard InChI is InChI=1S/C14H21NO2/c1-3-13(2)17-15-10-7-11-16-12-14-8-5-4-6-9-14/h3-6,8-9,13,15H,1,7,10-12H2,2H3. The molecule has 0 aliphatic carbocycles. The maximum Gasteiger partial charge on any atom is 0.0940 e. The zero-order valence-corrected chi connectivity index (χ0v) is 10.4. The molecule has 0 aliphatic heterocycles. The molecule has 1 aromatic carbocycles. The van der Waals surface area contributed by atoms with Crippen LogP contribution in [-0.4, -0.2) is 19.3 Å². The van der Waals surface area contributed by atoms with E-state index >= 15 is 0 Å². The number of ether oxygens (including phenoxy) is 1. The summed E-state index contributed by atoms with van der Waals surface area (Å²) in [6.07, 6.45) is 2.72. The maximum absolute atomic E-state index is 5.54. The van der Waals surface area contributed by atoms with Gasteiger partial charge >= 0.3 is 0 Å². The second-order valence-electron chi connectivity index (χ2n) is 3.84. The molecular formula is C14H21NO2. The minimum Gasteiger partial charge on any atom is -0.377 e. The van der Waals surface area contributed by atoms with Gasteiger partial charge in [-0.3, -0.25) is 4.84 Å². The van der Waals surface area contributed by atoms with E-state index < -0.39 is 0 Å². The molecule has 1 rings (SSSR count). The quantitative estimate of drug-likeness (QED) is 0.405. The zero-order valence-electron chi connectivity index (χ0n) is 10.4. The topological polar surface area (TPSA) is 30.5 Å². The van der Waals surface area contributed by atoms with Crippen LogP contribution in [0.4, 0.5) is 0 Å². The van der Waals surface area contributed by atoms with Crippen LogP contribution < -0.4 is 5.48 Å². The summed E-state index contributed by atoms with van der Waals surface area (Å²) in [5.41, 5.74) is 4.09. The van der Waals surface area contributed by atoms with Crippen molar-refractivity contribution in [1.82, 2.24) is 5.48 Å². The van der Waals surface area contributed by atoms with Crippen molar-refractivity contribution < 1.29 is 9.57 Å². The van der Waals surface area contributed by atoms with Crippen molar-refractivity contribution in [2.75, 3.05) is 13.2 Å². The molecule has 0 fully saturated rings. The van der Waals surface area contributed by atoms with E-state index in [2.05, 4.69) is 24.2 Å². The fourth-order valence-corrected chi connectivity index (χ4v) is 1.25. The van der Waals surface area contributed by atoms with Crippen LogP contribution in [0.1, 0.15) is 18.9 Å². The molecule has 1 atom stereocenters. The number of hydrogen-bond donors (Lipinski definition) is 1. The van der Waals surface area contributed by atoms with Crippen molar-refractivity contribution in [3.63, 3.8) is 0 Å². The van der Waals surface area contributed by atoms with E-state index in [-0.39, 0.29) is 6.10 Å². The highest BCUT2D eigenvalue weighted by atomic mass is 16.7. The summed E-state index contributed by atoms with van der Waals surface area (Å²) in [5, 5.41) is 0. The van der Waals surface area contributed by atoms with Crippen molar-refractivity contribution in [3.8, 4) is 0 Å². The van der Waals surface area contributed by atoms with Crippen LogP contribution in [-0.2, 0) is 16.2 Å². The van der Waals surface area contributed by atoms with E-state index in [9.17, 15) is 0 Å². The monoisotopic (exact) mass is 235 g/mol. The first-order valence-corrected chi connectivity index (χ1v) is 5.95. The van der Waals surface area contributed by atoms with Gasteiger partial charge in [-0.1, -0.05) is 36.4 Å². The predicted octanol–water partition coefficient (Wildman–Crippen LogP) is 2.69. The van der Waals surface area contributed by atoms with E-state index in [1.165, 1.54) is 5.56 Å². The molecule has 0 heterocycles. The number of benzene rings is 1. The Balaban J connectivity index is 1.93. The van der Waals surface area contributed by atoms with Crippen LogP contribution in [0.25, 0.3) is 0 Å². The second kappa shape index (κ2) is 8.93. The Morgan fingerprint density at radius 2 is 2.12 bits per heavy atom. The number of nitrogens with one attached hydrogen (secondary N) is 1. The predicted molar refractivity (Wildman–Crippen MR) is 69.5 cm³/mol. The molecule has 0 saturated carbocycles. The van der Waals surface area contributed by atoms with Gasteiger partial charge in [-0.2, -0.15) is 0 Å². The second-order valence-corrected chi connectivity index (χ2v) is 3.84. The molecule has 0 aliphatic rings. The third-order valence-electron chi connectivity index (χ3n) is 2.28. The first kappa shape index (κ1) is 13.9. The Morgan fingerprint density at radius 1 is 1.35 bits per heavy atom. The summed E-state index contributed by atoms with van der Waals surface area (Å²) in [6, 6.07) is 10.2. The van der Waals surface area contributed by atoms with Gasteiger partial charge in [0.1, 0.15) is 0 Å². The fraction of sp³-hybridized carbons (Fsp3) is 0.429. The van der Waals surface area contributed by atoms with E-state index in [0.717, 1.165) is 19.6 Å². The number of hydrogen-bond acceptors (Lipinski definition) is 3. The molecular weight excluding hydrogens is 214 g/mol. The van der Waals surface area contributed by atoms with Crippen LogP contribution in [0.2, 0.25) is 0 Å². The molecule has 1 unspecified atom stereocenters. The average Bonchev–Trinajstić information content (AvgIpc) is 2.38. The Hall–Kier alpha value is -1.16. The fourth-order valence-electron chi connectivity index (χ4n) is 1.25. The average molecular weight is 235 g/mol. The van der Waals surface area contributed by atoms with Crippen LogP contribution >= 0.6 is 0 Å². The van der Waals surface area contributed by atoms with Gasteiger partial charge in [0.05, 0.1) is 12.7 Å². The first-order valence-electron chi connectivity index (χ1n) is 5.95. The summed E-state index contributed by atoms with van der Waals surface area (Å²) in [4.78, 5) is 5.23. The molecule has 0 radical (unpaired) electrons. The summed E-state index contributed by atoms with van der Waals surface area (Å²) >= 11 is 0. The lowest BCUT2D eigenvalue weighted by Gasteiger charge is -2.09.